The lowest BCUT2D eigenvalue weighted by Gasteiger charge is -2.06. The van der Waals surface area contributed by atoms with Crippen molar-refractivity contribution in [3.63, 3.8) is 0 Å². The van der Waals surface area contributed by atoms with Crippen LogP contribution in [0.5, 0.6) is 5.88 Å². The average Bonchev–Trinajstić information content (AvgIpc) is 2.87. The van der Waals surface area contributed by atoms with E-state index >= 15 is 0 Å². The maximum atomic E-state index is 12.1. The number of aryl methyl sites for hydroxylation is 2. The maximum Gasteiger partial charge on any atom is 0.331 e. The van der Waals surface area contributed by atoms with Crippen LogP contribution in [0.2, 0.25) is 0 Å². The number of rotatable bonds is 4. The third-order valence-corrected chi connectivity index (χ3v) is 4.09. The molecule has 0 unspecified atom stereocenters. The Kier molecular flexibility index (Phi) is 3.78. The van der Waals surface area contributed by atoms with Crippen LogP contribution in [-0.2, 0) is 6.61 Å². The van der Waals surface area contributed by atoms with Gasteiger partial charge in [-0.1, -0.05) is 0 Å². The van der Waals surface area contributed by atoms with E-state index in [1.165, 1.54) is 34.1 Å². The van der Waals surface area contributed by atoms with Gasteiger partial charge in [0.25, 0.3) is 11.4 Å². The zero-order valence-corrected chi connectivity index (χ0v) is 13.2. The van der Waals surface area contributed by atoms with E-state index in [-0.39, 0.29) is 23.7 Å². The molecule has 0 bridgehead atoms. The number of hydrogen-bond donors (Lipinski definition) is 0. The normalized spacial score (nSPS) is 10.9. The fourth-order valence-corrected chi connectivity index (χ4v) is 2.99. The van der Waals surface area contributed by atoms with Crippen molar-refractivity contribution in [3.05, 3.63) is 61.1 Å². The molecule has 9 heteroatoms. The van der Waals surface area contributed by atoms with Gasteiger partial charge in [-0.15, -0.1) is 11.3 Å². The number of aromatic nitrogens is 3. The Morgan fingerprint density at radius 1 is 1.39 bits per heavy atom. The minimum atomic E-state index is -0.552. The van der Waals surface area contributed by atoms with Gasteiger partial charge in [-0.3, -0.25) is 19.3 Å². The third-order valence-electron chi connectivity index (χ3n) is 3.15. The quantitative estimate of drug-likeness (QED) is 0.536. The van der Waals surface area contributed by atoms with Crippen LogP contribution in [0.25, 0.3) is 4.96 Å². The van der Waals surface area contributed by atoms with E-state index in [0.29, 0.717) is 16.2 Å². The molecule has 0 N–H and O–H groups in total. The maximum absolute atomic E-state index is 12.1. The summed E-state index contributed by atoms with van der Waals surface area (Å²) in [4.78, 5) is 31.4. The second kappa shape index (κ2) is 5.76. The van der Waals surface area contributed by atoms with Crippen molar-refractivity contribution in [3.8, 4) is 5.88 Å². The van der Waals surface area contributed by atoms with Crippen LogP contribution in [0.15, 0.2) is 28.5 Å². The molecule has 0 amide bonds. The summed E-state index contributed by atoms with van der Waals surface area (Å²) in [6.45, 7) is 3.46. The summed E-state index contributed by atoms with van der Waals surface area (Å²) in [6, 6.07) is 2.74. The molecule has 0 spiro atoms. The van der Waals surface area contributed by atoms with E-state index in [2.05, 4.69) is 9.97 Å². The Balaban J connectivity index is 1.89. The van der Waals surface area contributed by atoms with E-state index in [1.807, 2.05) is 12.3 Å². The number of pyridine rings is 1. The zero-order chi connectivity index (χ0) is 16.6. The second-order valence-corrected chi connectivity index (χ2v) is 5.80. The molecule has 3 heterocycles. The largest absolute Gasteiger partial charge is 0.466 e. The van der Waals surface area contributed by atoms with Crippen molar-refractivity contribution in [2.45, 2.75) is 20.5 Å². The van der Waals surface area contributed by atoms with E-state index in [0.717, 1.165) is 5.69 Å². The highest BCUT2D eigenvalue weighted by Crippen LogP contribution is 2.25. The first-order valence-corrected chi connectivity index (χ1v) is 7.54. The predicted molar refractivity (Wildman–Crippen MR) is 84.0 cm³/mol. The van der Waals surface area contributed by atoms with Crippen LogP contribution in [0, 0.1) is 24.0 Å². The van der Waals surface area contributed by atoms with E-state index in [4.69, 9.17) is 4.74 Å². The molecule has 118 valence electrons. The Hall–Kier alpha value is -2.81. The molecule has 3 rings (SSSR count). The standard InChI is InChI=1S/C14H12N4O4S/c1-8-3-11(18(20)21)13(15-5-8)22-6-10-4-12(19)17-9(2)7-23-14(17)16-10/h3-5,7H,6H2,1-2H3. The van der Waals surface area contributed by atoms with Gasteiger partial charge in [-0.2, -0.15) is 0 Å². The van der Waals surface area contributed by atoms with Crippen LogP contribution in [0.4, 0.5) is 5.69 Å². The number of thiazole rings is 1. The molecule has 0 saturated heterocycles. The first kappa shape index (κ1) is 15.1. The lowest BCUT2D eigenvalue weighted by atomic mass is 10.3. The van der Waals surface area contributed by atoms with Gasteiger partial charge < -0.3 is 4.74 Å². The summed E-state index contributed by atoms with van der Waals surface area (Å²) in [5, 5.41) is 12.9. The van der Waals surface area contributed by atoms with Gasteiger partial charge in [0.2, 0.25) is 0 Å². The van der Waals surface area contributed by atoms with Crippen molar-refractivity contribution in [1.82, 2.24) is 14.4 Å². The summed E-state index contributed by atoms with van der Waals surface area (Å²) >= 11 is 1.35. The first-order valence-electron chi connectivity index (χ1n) is 6.66. The average molecular weight is 332 g/mol. The van der Waals surface area contributed by atoms with E-state index in [9.17, 15) is 14.9 Å². The minimum absolute atomic E-state index is 0.0699. The molecule has 8 nitrogen and oxygen atoms in total. The fourth-order valence-electron chi connectivity index (χ4n) is 2.10. The second-order valence-electron chi connectivity index (χ2n) is 4.96. The van der Waals surface area contributed by atoms with Crippen LogP contribution >= 0.6 is 11.3 Å². The summed E-state index contributed by atoms with van der Waals surface area (Å²) in [5.41, 5.74) is 1.45. The lowest BCUT2D eigenvalue weighted by molar-refractivity contribution is -0.386. The molecule has 0 aromatic carbocycles. The highest BCUT2D eigenvalue weighted by molar-refractivity contribution is 7.15. The van der Waals surface area contributed by atoms with Crippen LogP contribution in [0.1, 0.15) is 17.0 Å². The number of fused-ring (bicyclic) bond motifs is 1. The zero-order valence-electron chi connectivity index (χ0n) is 12.3. The number of hydrogen-bond acceptors (Lipinski definition) is 7. The molecule has 0 aliphatic rings. The molecular formula is C14H12N4O4S. The number of nitro groups is 1. The van der Waals surface area contributed by atoms with Gasteiger partial charge in [-0.05, 0) is 19.4 Å². The van der Waals surface area contributed by atoms with Crippen LogP contribution in [0.3, 0.4) is 0 Å². The molecule has 0 fully saturated rings. The van der Waals surface area contributed by atoms with Gasteiger partial charge in [0.05, 0.1) is 10.6 Å². The Morgan fingerprint density at radius 2 is 2.17 bits per heavy atom. The number of nitrogens with zero attached hydrogens (tertiary/aromatic N) is 4. The molecule has 0 saturated carbocycles. The topological polar surface area (TPSA) is 99.6 Å². The fraction of sp³-hybridized carbons (Fsp3) is 0.214. The van der Waals surface area contributed by atoms with Crippen LogP contribution in [-0.4, -0.2) is 19.3 Å². The molecule has 3 aromatic rings. The molecule has 0 aliphatic carbocycles. The van der Waals surface area contributed by atoms with Crippen molar-refractivity contribution in [2.75, 3.05) is 0 Å². The first-order chi connectivity index (χ1) is 11.0. The number of ether oxygens (including phenoxy) is 1. The Bertz CT molecular complexity index is 963. The highest BCUT2D eigenvalue weighted by Gasteiger charge is 2.17. The highest BCUT2D eigenvalue weighted by atomic mass is 32.1. The van der Waals surface area contributed by atoms with Crippen molar-refractivity contribution >= 4 is 22.0 Å². The van der Waals surface area contributed by atoms with Gasteiger partial charge in [0.15, 0.2) is 4.96 Å². The van der Waals surface area contributed by atoms with Gasteiger partial charge in [0, 0.05) is 29.4 Å². The molecular weight excluding hydrogens is 320 g/mol. The van der Waals surface area contributed by atoms with Gasteiger partial charge >= 0.3 is 5.69 Å². The molecule has 3 aromatic heterocycles. The van der Waals surface area contributed by atoms with Gasteiger partial charge in [-0.25, -0.2) is 9.97 Å². The summed E-state index contributed by atoms with van der Waals surface area (Å²) in [5.74, 6) is -0.0926. The molecule has 23 heavy (non-hydrogen) atoms. The SMILES string of the molecule is Cc1cnc(OCc2cc(=O)n3c(C)csc3n2)c([N+](=O)[O-])c1. The predicted octanol–water partition coefficient (Wildman–Crippen LogP) is 2.26. The summed E-state index contributed by atoms with van der Waals surface area (Å²) < 4.78 is 6.89. The molecule has 0 radical (unpaired) electrons. The summed E-state index contributed by atoms with van der Waals surface area (Å²) in [6.07, 6.45) is 1.48. The Labute approximate surface area is 134 Å². The summed E-state index contributed by atoms with van der Waals surface area (Å²) in [7, 11) is 0. The smallest absolute Gasteiger partial charge is 0.331 e. The molecule has 0 atom stereocenters. The van der Waals surface area contributed by atoms with Crippen molar-refractivity contribution < 1.29 is 9.66 Å². The minimum Gasteiger partial charge on any atom is -0.466 e. The molecule has 0 aliphatic heterocycles. The third kappa shape index (κ3) is 2.90. The van der Waals surface area contributed by atoms with Crippen molar-refractivity contribution in [1.29, 1.82) is 0 Å². The van der Waals surface area contributed by atoms with E-state index in [1.54, 1.807) is 6.92 Å². The van der Waals surface area contributed by atoms with Crippen molar-refractivity contribution in [2.24, 2.45) is 0 Å². The van der Waals surface area contributed by atoms with Crippen LogP contribution < -0.4 is 10.3 Å². The van der Waals surface area contributed by atoms with Gasteiger partial charge in [0.1, 0.15) is 6.61 Å². The monoisotopic (exact) mass is 332 g/mol. The lowest BCUT2D eigenvalue weighted by Crippen LogP contribution is -2.16. The Morgan fingerprint density at radius 3 is 2.91 bits per heavy atom. The van der Waals surface area contributed by atoms with E-state index < -0.39 is 4.92 Å².